The molecule has 4 nitrogen and oxygen atoms in total. The third-order valence-corrected chi connectivity index (χ3v) is 6.39. The highest BCUT2D eigenvalue weighted by atomic mass is 16.4. The van der Waals surface area contributed by atoms with E-state index in [-0.39, 0.29) is 11.9 Å². The van der Waals surface area contributed by atoms with Crippen molar-refractivity contribution in [2.24, 2.45) is 0 Å². The summed E-state index contributed by atoms with van der Waals surface area (Å²) in [6, 6.07) is 7.58. The first kappa shape index (κ1) is 15.7. The Labute approximate surface area is 142 Å². The summed E-state index contributed by atoms with van der Waals surface area (Å²) in [6.07, 6.45) is 9.22. The molecule has 1 heterocycles. The van der Waals surface area contributed by atoms with Gasteiger partial charge in [-0.05, 0) is 37.3 Å². The van der Waals surface area contributed by atoms with Crippen molar-refractivity contribution in [1.29, 1.82) is 0 Å². The zero-order valence-electron chi connectivity index (χ0n) is 14.0. The van der Waals surface area contributed by atoms with Crippen molar-refractivity contribution in [1.82, 2.24) is 4.90 Å². The maximum Gasteiger partial charge on any atom is 0.313 e. The van der Waals surface area contributed by atoms with Gasteiger partial charge in [-0.2, -0.15) is 0 Å². The quantitative estimate of drug-likeness (QED) is 0.894. The van der Waals surface area contributed by atoms with Crippen LogP contribution >= 0.6 is 0 Å². The van der Waals surface area contributed by atoms with E-state index in [1.165, 1.54) is 6.42 Å². The molecule has 1 unspecified atom stereocenters. The molecule has 24 heavy (non-hydrogen) atoms. The fourth-order valence-electron chi connectivity index (χ4n) is 5.45. The first-order chi connectivity index (χ1) is 11.6. The van der Waals surface area contributed by atoms with Crippen molar-refractivity contribution in [3.63, 3.8) is 0 Å². The average molecular weight is 327 g/mol. The molecule has 0 bridgehead atoms. The molecule has 1 aliphatic heterocycles. The summed E-state index contributed by atoms with van der Waals surface area (Å²) < 4.78 is 0. The van der Waals surface area contributed by atoms with Crippen LogP contribution in [-0.4, -0.2) is 33.5 Å². The number of rotatable bonds is 2. The molecule has 1 aromatic carbocycles. The largest absolute Gasteiger partial charge is 0.481 e. The smallest absolute Gasteiger partial charge is 0.313 e. The summed E-state index contributed by atoms with van der Waals surface area (Å²) in [5.74, 6) is -1.30. The third-order valence-electron chi connectivity index (χ3n) is 6.39. The number of carbonyl (C=O) groups excluding carboxylic acids is 1. The number of carboxylic acids is 1. The first-order valence-corrected chi connectivity index (χ1v) is 9.30. The van der Waals surface area contributed by atoms with E-state index in [2.05, 4.69) is 0 Å². The molecule has 4 heteroatoms. The zero-order valence-corrected chi connectivity index (χ0v) is 14.0. The third kappa shape index (κ3) is 2.19. The number of carboxylic acid groups (broad SMARTS) is 1. The lowest BCUT2D eigenvalue weighted by Gasteiger charge is -2.53. The van der Waals surface area contributed by atoms with Gasteiger partial charge in [0.1, 0.15) is 5.92 Å². The van der Waals surface area contributed by atoms with E-state index < -0.39 is 17.4 Å². The number of hydrogen-bond acceptors (Lipinski definition) is 2. The Morgan fingerprint density at radius 2 is 1.71 bits per heavy atom. The zero-order chi connectivity index (χ0) is 16.7. The number of fused-ring (bicyclic) bond motifs is 1. The van der Waals surface area contributed by atoms with Crippen LogP contribution in [0.5, 0.6) is 0 Å². The summed E-state index contributed by atoms with van der Waals surface area (Å²) in [5, 5.41) is 10.1. The molecule has 2 fully saturated rings. The van der Waals surface area contributed by atoms with E-state index in [0.29, 0.717) is 5.56 Å². The Morgan fingerprint density at radius 1 is 1.04 bits per heavy atom. The molecular weight excluding hydrogens is 302 g/mol. The molecule has 1 atom stereocenters. The molecule has 1 spiro atoms. The lowest BCUT2D eigenvalue weighted by atomic mass is 9.70. The fourth-order valence-corrected chi connectivity index (χ4v) is 5.45. The SMILES string of the molecule is O=C(O)C1c2ccccc2C(=O)N(C2CCCCC2)C12CCCC2. The lowest BCUT2D eigenvalue weighted by Crippen LogP contribution is -2.62. The molecule has 1 N–H and O–H groups in total. The number of amides is 1. The van der Waals surface area contributed by atoms with Crippen LogP contribution in [0.25, 0.3) is 0 Å². The highest BCUT2D eigenvalue weighted by molar-refractivity contribution is 6.01. The van der Waals surface area contributed by atoms with Crippen LogP contribution in [0.1, 0.15) is 79.6 Å². The minimum Gasteiger partial charge on any atom is -0.481 e. The standard InChI is InChI=1S/C20H25NO3/c22-18-16-11-5-4-10-15(16)17(19(23)24)20(12-6-7-13-20)21(18)14-8-2-1-3-9-14/h4-5,10-11,14,17H,1-3,6-9,12-13H2,(H,23,24). The van der Waals surface area contributed by atoms with Crippen LogP contribution in [0, 0.1) is 0 Å². The monoisotopic (exact) mass is 327 g/mol. The van der Waals surface area contributed by atoms with Gasteiger partial charge in [-0.3, -0.25) is 9.59 Å². The minimum atomic E-state index is -0.780. The molecule has 0 radical (unpaired) electrons. The molecular formula is C20H25NO3. The van der Waals surface area contributed by atoms with Gasteiger partial charge in [0.25, 0.3) is 5.91 Å². The first-order valence-electron chi connectivity index (χ1n) is 9.30. The van der Waals surface area contributed by atoms with Gasteiger partial charge in [-0.1, -0.05) is 50.3 Å². The highest BCUT2D eigenvalue weighted by Gasteiger charge is 2.57. The summed E-state index contributed by atoms with van der Waals surface area (Å²) in [6.45, 7) is 0. The molecule has 0 saturated heterocycles. The van der Waals surface area contributed by atoms with Gasteiger partial charge in [-0.25, -0.2) is 0 Å². The van der Waals surface area contributed by atoms with E-state index in [0.717, 1.165) is 56.9 Å². The molecule has 2 aliphatic carbocycles. The van der Waals surface area contributed by atoms with Gasteiger partial charge in [0.2, 0.25) is 0 Å². The Kier molecular flexibility index (Phi) is 3.86. The Balaban J connectivity index is 1.88. The van der Waals surface area contributed by atoms with Gasteiger partial charge < -0.3 is 10.0 Å². The predicted molar refractivity (Wildman–Crippen MR) is 91.1 cm³/mol. The molecule has 0 aromatic heterocycles. The summed E-state index contributed by atoms with van der Waals surface area (Å²) in [7, 11) is 0. The van der Waals surface area contributed by atoms with E-state index in [1.54, 1.807) is 0 Å². The normalized spacial score (nSPS) is 26.6. The van der Waals surface area contributed by atoms with Crippen molar-refractivity contribution in [3.8, 4) is 0 Å². The van der Waals surface area contributed by atoms with E-state index >= 15 is 0 Å². The number of hydrogen-bond donors (Lipinski definition) is 1. The molecule has 2 saturated carbocycles. The number of aliphatic carboxylic acids is 1. The Morgan fingerprint density at radius 3 is 2.38 bits per heavy atom. The highest BCUT2D eigenvalue weighted by Crippen LogP contribution is 2.52. The van der Waals surface area contributed by atoms with Crippen molar-refractivity contribution >= 4 is 11.9 Å². The lowest BCUT2D eigenvalue weighted by molar-refractivity contribution is -0.143. The maximum absolute atomic E-state index is 13.4. The second-order valence-electron chi connectivity index (χ2n) is 7.64. The summed E-state index contributed by atoms with van der Waals surface area (Å²) in [4.78, 5) is 27.7. The van der Waals surface area contributed by atoms with Crippen LogP contribution in [-0.2, 0) is 4.79 Å². The molecule has 128 valence electrons. The van der Waals surface area contributed by atoms with Gasteiger partial charge in [0, 0.05) is 11.6 Å². The van der Waals surface area contributed by atoms with Crippen LogP contribution in [0.15, 0.2) is 24.3 Å². The van der Waals surface area contributed by atoms with E-state index in [9.17, 15) is 14.7 Å². The predicted octanol–water partition coefficient (Wildman–Crippen LogP) is 3.96. The van der Waals surface area contributed by atoms with Crippen LogP contribution in [0.4, 0.5) is 0 Å². The number of nitrogens with zero attached hydrogens (tertiary/aromatic N) is 1. The van der Waals surface area contributed by atoms with Crippen molar-refractivity contribution < 1.29 is 14.7 Å². The number of carbonyl (C=O) groups is 2. The maximum atomic E-state index is 13.4. The van der Waals surface area contributed by atoms with E-state index in [4.69, 9.17) is 0 Å². The molecule has 1 aromatic rings. The second-order valence-corrected chi connectivity index (χ2v) is 7.64. The Bertz CT molecular complexity index is 657. The van der Waals surface area contributed by atoms with Crippen molar-refractivity contribution in [3.05, 3.63) is 35.4 Å². The fraction of sp³-hybridized carbons (Fsp3) is 0.600. The Hall–Kier alpha value is -1.84. The summed E-state index contributed by atoms with van der Waals surface area (Å²) in [5.41, 5.74) is 0.816. The van der Waals surface area contributed by atoms with E-state index in [1.807, 2.05) is 29.2 Å². The molecule has 1 amide bonds. The summed E-state index contributed by atoms with van der Waals surface area (Å²) >= 11 is 0. The molecule has 4 rings (SSSR count). The van der Waals surface area contributed by atoms with Gasteiger partial charge in [0.05, 0.1) is 5.54 Å². The van der Waals surface area contributed by atoms with Gasteiger partial charge >= 0.3 is 5.97 Å². The van der Waals surface area contributed by atoms with Crippen LogP contribution in [0.2, 0.25) is 0 Å². The van der Waals surface area contributed by atoms with Gasteiger partial charge in [0.15, 0.2) is 0 Å². The van der Waals surface area contributed by atoms with Gasteiger partial charge in [-0.15, -0.1) is 0 Å². The minimum absolute atomic E-state index is 0.0666. The number of benzene rings is 1. The topological polar surface area (TPSA) is 57.6 Å². The average Bonchev–Trinajstić information content (AvgIpc) is 3.05. The van der Waals surface area contributed by atoms with Crippen LogP contribution < -0.4 is 0 Å². The van der Waals surface area contributed by atoms with Crippen molar-refractivity contribution in [2.75, 3.05) is 0 Å². The van der Waals surface area contributed by atoms with Crippen LogP contribution in [0.3, 0.4) is 0 Å². The van der Waals surface area contributed by atoms with Crippen molar-refractivity contribution in [2.45, 2.75) is 75.3 Å². The second kappa shape index (κ2) is 5.91. The molecule has 3 aliphatic rings.